The highest BCUT2D eigenvalue weighted by Crippen LogP contribution is 2.30. The van der Waals surface area contributed by atoms with E-state index in [-0.39, 0.29) is 24.0 Å². The van der Waals surface area contributed by atoms with Gasteiger partial charge in [-0.1, -0.05) is 31.5 Å². The molecular formula is C25H38N2O8S. The molecule has 2 amide bonds. The Morgan fingerprint density at radius 2 is 1.72 bits per heavy atom. The maximum absolute atomic E-state index is 13.7. The molecule has 1 aliphatic heterocycles. The van der Waals surface area contributed by atoms with Gasteiger partial charge in [0.2, 0.25) is 5.91 Å². The Morgan fingerprint density at radius 3 is 2.22 bits per heavy atom. The van der Waals surface area contributed by atoms with E-state index in [0.717, 1.165) is 5.56 Å². The number of benzene rings is 1. The zero-order chi connectivity index (χ0) is 27.4. The molecule has 0 aliphatic carbocycles. The van der Waals surface area contributed by atoms with Crippen LogP contribution in [0.25, 0.3) is 0 Å². The van der Waals surface area contributed by atoms with E-state index in [1.807, 2.05) is 6.92 Å². The van der Waals surface area contributed by atoms with Crippen LogP contribution in [0.1, 0.15) is 46.6 Å². The van der Waals surface area contributed by atoms with E-state index in [9.17, 15) is 22.8 Å². The summed E-state index contributed by atoms with van der Waals surface area (Å²) in [6.45, 7) is 10.4. The number of ether oxygens (including phenoxy) is 2. The first-order valence-corrected chi connectivity index (χ1v) is 13.3. The summed E-state index contributed by atoms with van der Waals surface area (Å²) < 4.78 is 41.2. The molecule has 1 aromatic rings. The van der Waals surface area contributed by atoms with Crippen molar-refractivity contribution in [2.75, 3.05) is 27.3 Å². The average molecular weight is 527 g/mol. The Morgan fingerprint density at radius 1 is 1.14 bits per heavy atom. The second-order valence-corrected chi connectivity index (χ2v) is 12.0. The highest BCUT2D eigenvalue weighted by molar-refractivity contribution is 7.86. The van der Waals surface area contributed by atoms with Crippen molar-refractivity contribution in [2.45, 2.75) is 70.5 Å². The van der Waals surface area contributed by atoms with Crippen molar-refractivity contribution < 1.29 is 36.5 Å². The predicted molar refractivity (Wildman–Crippen MR) is 133 cm³/mol. The molecule has 1 aliphatic rings. The molecule has 0 spiro atoms. The van der Waals surface area contributed by atoms with Gasteiger partial charge in [-0.15, -0.1) is 0 Å². The smallest absolute Gasteiger partial charge is 0.410 e. The third kappa shape index (κ3) is 7.19. The van der Waals surface area contributed by atoms with Crippen LogP contribution >= 0.6 is 0 Å². The number of likely N-dealkylation sites (N-methyl/N-ethyl adjacent to an activating group) is 1. The number of amides is 2. The minimum Gasteiger partial charge on any atom is -0.467 e. The third-order valence-corrected chi connectivity index (χ3v) is 7.29. The highest BCUT2D eigenvalue weighted by atomic mass is 32.2. The summed E-state index contributed by atoms with van der Waals surface area (Å²) in [4.78, 5) is 41.6. The van der Waals surface area contributed by atoms with E-state index in [0.29, 0.717) is 6.42 Å². The van der Waals surface area contributed by atoms with Gasteiger partial charge in [-0.05, 0) is 52.2 Å². The molecule has 10 nitrogen and oxygen atoms in total. The normalized spacial score (nSPS) is 19.2. The molecule has 11 heteroatoms. The van der Waals surface area contributed by atoms with E-state index in [2.05, 4.69) is 0 Å². The van der Waals surface area contributed by atoms with E-state index in [1.165, 1.54) is 36.1 Å². The molecule has 0 aromatic heterocycles. The summed E-state index contributed by atoms with van der Waals surface area (Å²) in [5.74, 6) is -2.02. The summed E-state index contributed by atoms with van der Waals surface area (Å²) in [5.41, 5.74) is 0.101. The van der Waals surface area contributed by atoms with E-state index in [4.69, 9.17) is 13.7 Å². The van der Waals surface area contributed by atoms with Gasteiger partial charge >= 0.3 is 12.1 Å². The van der Waals surface area contributed by atoms with Crippen LogP contribution in [0.5, 0.6) is 0 Å². The number of hydrogen-bond donors (Lipinski definition) is 0. The fraction of sp³-hybridized carbons (Fsp3) is 0.640. The zero-order valence-corrected chi connectivity index (χ0v) is 23.1. The number of carbonyl (C=O) groups is 3. The first kappa shape index (κ1) is 29.6. The largest absolute Gasteiger partial charge is 0.467 e. The summed E-state index contributed by atoms with van der Waals surface area (Å²) in [5, 5.41) is 0. The van der Waals surface area contributed by atoms with Crippen LogP contribution in [-0.4, -0.2) is 81.2 Å². The SMILES string of the molecule is COC(=O)[C@H](C(C)C)N(C)C(=O)[C@@H]1[C@@H](COS(=O)(=O)c2ccc(C)cc2)CCN1C(=O)OC(C)(C)C. The second-order valence-electron chi connectivity index (χ2n) is 10.4. The van der Waals surface area contributed by atoms with Crippen molar-refractivity contribution in [2.24, 2.45) is 11.8 Å². The van der Waals surface area contributed by atoms with Crippen LogP contribution in [0.15, 0.2) is 29.2 Å². The van der Waals surface area contributed by atoms with Crippen molar-refractivity contribution in [3.8, 4) is 0 Å². The number of methoxy groups -OCH3 is 1. The van der Waals surface area contributed by atoms with Gasteiger partial charge in [-0.3, -0.25) is 13.9 Å². The minimum absolute atomic E-state index is 0.000605. The van der Waals surface area contributed by atoms with Crippen molar-refractivity contribution in [3.63, 3.8) is 0 Å². The van der Waals surface area contributed by atoms with Gasteiger partial charge in [-0.25, -0.2) is 9.59 Å². The Balaban J connectivity index is 2.34. The first-order valence-electron chi connectivity index (χ1n) is 11.9. The molecule has 2 rings (SSSR count). The molecule has 36 heavy (non-hydrogen) atoms. The van der Waals surface area contributed by atoms with E-state index >= 15 is 0 Å². The number of hydrogen-bond acceptors (Lipinski definition) is 8. The fourth-order valence-electron chi connectivity index (χ4n) is 4.19. The number of nitrogens with zero attached hydrogens (tertiary/aromatic N) is 2. The van der Waals surface area contributed by atoms with Crippen LogP contribution in [0.2, 0.25) is 0 Å². The van der Waals surface area contributed by atoms with Gasteiger partial charge < -0.3 is 14.4 Å². The van der Waals surface area contributed by atoms with Gasteiger partial charge in [0.05, 0.1) is 18.6 Å². The van der Waals surface area contributed by atoms with Crippen molar-refractivity contribution >= 4 is 28.1 Å². The predicted octanol–water partition coefficient (Wildman–Crippen LogP) is 2.98. The van der Waals surface area contributed by atoms with Gasteiger partial charge in [-0.2, -0.15) is 8.42 Å². The minimum atomic E-state index is -4.08. The third-order valence-electron chi connectivity index (χ3n) is 5.99. The molecule has 1 aromatic carbocycles. The topological polar surface area (TPSA) is 120 Å². The van der Waals surface area contributed by atoms with Gasteiger partial charge in [0, 0.05) is 19.5 Å². The standard InChI is InChI=1S/C25H38N2O8S/c1-16(2)20(23(29)33-8)26(7)22(28)21-18(13-14-27(21)24(30)35-25(4,5)6)15-34-36(31,32)19-11-9-17(3)10-12-19/h9-12,16,18,20-21H,13-15H2,1-8H3/t18-,20+,21+/m1/s1. The number of esters is 1. The average Bonchev–Trinajstić information content (AvgIpc) is 3.20. The zero-order valence-electron chi connectivity index (χ0n) is 22.3. The molecule has 1 heterocycles. The number of rotatable bonds is 8. The van der Waals surface area contributed by atoms with Crippen LogP contribution in [0, 0.1) is 18.8 Å². The Kier molecular flexibility index (Phi) is 9.52. The summed E-state index contributed by atoms with van der Waals surface area (Å²) >= 11 is 0. The molecule has 1 fully saturated rings. The quantitative estimate of drug-likeness (QED) is 0.375. The Bertz CT molecular complexity index is 1050. The van der Waals surface area contributed by atoms with Crippen molar-refractivity contribution in [3.05, 3.63) is 29.8 Å². The van der Waals surface area contributed by atoms with Gasteiger partial charge in [0.25, 0.3) is 10.1 Å². The monoisotopic (exact) mass is 526 g/mol. The maximum atomic E-state index is 13.7. The van der Waals surface area contributed by atoms with Crippen LogP contribution < -0.4 is 0 Å². The first-order chi connectivity index (χ1) is 16.6. The second kappa shape index (κ2) is 11.6. The lowest BCUT2D eigenvalue weighted by atomic mass is 9.97. The molecule has 202 valence electrons. The number of aryl methyl sites for hydroxylation is 1. The Labute approximate surface area is 214 Å². The van der Waals surface area contributed by atoms with E-state index in [1.54, 1.807) is 46.8 Å². The lowest BCUT2D eigenvalue weighted by Crippen LogP contribution is -2.55. The molecular weight excluding hydrogens is 488 g/mol. The fourth-order valence-corrected chi connectivity index (χ4v) is 5.14. The number of carbonyl (C=O) groups excluding carboxylic acids is 3. The molecule has 0 bridgehead atoms. The molecule has 0 saturated carbocycles. The molecule has 1 saturated heterocycles. The molecule has 0 N–H and O–H groups in total. The van der Waals surface area contributed by atoms with Crippen molar-refractivity contribution in [1.29, 1.82) is 0 Å². The van der Waals surface area contributed by atoms with Gasteiger partial charge in [0.1, 0.15) is 17.7 Å². The number of likely N-dealkylation sites (tertiary alicyclic amines) is 1. The maximum Gasteiger partial charge on any atom is 0.410 e. The molecule has 0 radical (unpaired) electrons. The molecule has 3 atom stereocenters. The summed E-state index contributed by atoms with van der Waals surface area (Å²) in [6.07, 6.45) is -0.380. The van der Waals surface area contributed by atoms with Crippen LogP contribution in [0.4, 0.5) is 4.79 Å². The summed E-state index contributed by atoms with van der Waals surface area (Å²) in [7, 11) is -1.37. The summed E-state index contributed by atoms with van der Waals surface area (Å²) in [6, 6.07) is 4.26. The highest BCUT2D eigenvalue weighted by Gasteiger charge is 2.47. The lowest BCUT2D eigenvalue weighted by Gasteiger charge is -2.35. The lowest BCUT2D eigenvalue weighted by molar-refractivity contribution is -0.155. The van der Waals surface area contributed by atoms with Gasteiger partial charge in [0.15, 0.2) is 0 Å². The van der Waals surface area contributed by atoms with E-state index < -0.39 is 51.7 Å². The Hall–Kier alpha value is -2.66. The van der Waals surface area contributed by atoms with Crippen LogP contribution in [-0.2, 0) is 33.4 Å². The molecule has 0 unspecified atom stereocenters. The van der Waals surface area contributed by atoms with Crippen LogP contribution in [0.3, 0.4) is 0 Å². The van der Waals surface area contributed by atoms with Crippen molar-refractivity contribution in [1.82, 2.24) is 9.80 Å².